The van der Waals surface area contributed by atoms with Crippen LogP contribution in [0, 0.1) is 0 Å². The Bertz CT molecular complexity index is 1190. The molecule has 9 nitrogen and oxygen atoms in total. The van der Waals surface area contributed by atoms with Crippen LogP contribution in [0.2, 0.25) is 0 Å². The molecule has 1 aromatic carbocycles. The topological polar surface area (TPSA) is 100 Å². The molecule has 1 aliphatic rings. The third-order valence-corrected chi connectivity index (χ3v) is 6.64. The molecule has 1 fully saturated rings. The predicted molar refractivity (Wildman–Crippen MR) is 124 cm³/mol. The zero-order valence-electron chi connectivity index (χ0n) is 18.0. The number of aromatic nitrogens is 4. The lowest BCUT2D eigenvalue weighted by molar-refractivity contribution is -0.122. The van der Waals surface area contributed by atoms with Gasteiger partial charge in [0.1, 0.15) is 6.54 Å². The van der Waals surface area contributed by atoms with Gasteiger partial charge in [-0.3, -0.25) is 14.2 Å². The third-order valence-electron chi connectivity index (χ3n) is 5.59. The summed E-state index contributed by atoms with van der Waals surface area (Å²) in [7, 11) is 1.58. The fraction of sp³-hybridized carbons (Fsp3) is 0.455. The van der Waals surface area contributed by atoms with Crippen LogP contribution in [0.1, 0.15) is 18.4 Å². The summed E-state index contributed by atoms with van der Waals surface area (Å²) in [4.78, 5) is 43.7. The highest BCUT2D eigenvalue weighted by molar-refractivity contribution is 7.99. The first-order valence-electron chi connectivity index (χ1n) is 10.7. The number of hydrogen-bond donors (Lipinski definition) is 1. The third kappa shape index (κ3) is 4.81. The van der Waals surface area contributed by atoms with Crippen molar-refractivity contribution < 1.29 is 9.53 Å². The van der Waals surface area contributed by atoms with Gasteiger partial charge in [0.25, 0.3) is 5.56 Å². The number of carbonyl (C=O) groups excluding carboxylic acids is 1. The zero-order valence-corrected chi connectivity index (χ0v) is 18.8. The molecule has 3 heterocycles. The Labute approximate surface area is 189 Å². The molecule has 3 aromatic rings. The molecule has 1 amide bonds. The minimum Gasteiger partial charge on any atom is -0.383 e. The number of methoxy groups -OCH3 is 1. The Balaban J connectivity index is 1.74. The van der Waals surface area contributed by atoms with E-state index in [0.717, 1.165) is 34.5 Å². The van der Waals surface area contributed by atoms with Crippen molar-refractivity contribution in [2.45, 2.75) is 38.5 Å². The Kier molecular flexibility index (Phi) is 7.11. The van der Waals surface area contributed by atoms with Crippen molar-refractivity contribution >= 4 is 28.8 Å². The van der Waals surface area contributed by atoms with Gasteiger partial charge in [-0.2, -0.15) is 11.8 Å². The van der Waals surface area contributed by atoms with E-state index in [0.29, 0.717) is 24.3 Å². The van der Waals surface area contributed by atoms with Crippen LogP contribution in [0.3, 0.4) is 0 Å². The number of amides is 1. The number of hydrogen-bond acceptors (Lipinski definition) is 6. The molecule has 170 valence electrons. The second-order valence-corrected chi connectivity index (χ2v) is 9.03. The van der Waals surface area contributed by atoms with E-state index >= 15 is 0 Å². The fourth-order valence-corrected chi connectivity index (χ4v) is 5.01. The molecule has 2 aromatic heterocycles. The van der Waals surface area contributed by atoms with Crippen LogP contribution in [0.5, 0.6) is 0 Å². The van der Waals surface area contributed by atoms with Crippen molar-refractivity contribution in [3.8, 4) is 0 Å². The quantitative estimate of drug-likeness (QED) is 0.543. The lowest BCUT2D eigenvalue weighted by Gasteiger charge is -2.22. The van der Waals surface area contributed by atoms with Crippen LogP contribution in [-0.4, -0.2) is 55.9 Å². The van der Waals surface area contributed by atoms with Crippen LogP contribution in [0.15, 0.2) is 46.2 Å². The first-order chi connectivity index (χ1) is 15.6. The Morgan fingerprint density at radius 1 is 1.19 bits per heavy atom. The number of imidazole rings is 1. The average molecular weight is 458 g/mol. The van der Waals surface area contributed by atoms with Gasteiger partial charge in [0, 0.05) is 19.7 Å². The highest BCUT2D eigenvalue weighted by Gasteiger charge is 2.21. The molecule has 1 saturated heterocycles. The molecule has 0 spiro atoms. The summed E-state index contributed by atoms with van der Waals surface area (Å²) < 4.78 is 9.29. The summed E-state index contributed by atoms with van der Waals surface area (Å²) in [6.45, 7) is 0.737. The summed E-state index contributed by atoms with van der Waals surface area (Å²) in [6.07, 6.45) is 3.33. The molecule has 4 rings (SSSR count). The molecule has 0 aliphatic carbocycles. The molecular weight excluding hydrogens is 430 g/mol. The lowest BCUT2D eigenvalue weighted by Crippen LogP contribution is -2.46. The van der Waals surface area contributed by atoms with E-state index in [9.17, 15) is 14.4 Å². The molecule has 0 saturated carbocycles. The maximum Gasteiger partial charge on any atom is 0.333 e. The number of nitrogens with one attached hydrogen (secondary N) is 1. The van der Waals surface area contributed by atoms with Gasteiger partial charge in [0.2, 0.25) is 5.91 Å². The SMILES string of the molecule is COCCn1cnc2c1c(=O)n(CC(=O)NC1CCSCC1)c(=O)n2Cc1ccccc1. The standard InChI is InChI=1S/C22H27N5O4S/c1-31-10-9-25-15-23-20-19(25)21(29)27(14-18(28)24-17-7-11-32-12-8-17)22(30)26(20)13-16-5-3-2-4-6-16/h2-6,15,17H,7-14H2,1H3,(H,24,28). The minimum absolute atomic E-state index is 0.0851. The van der Waals surface area contributed by atoms with Crippen LogP contribution in [-0.2, 0) is 29.2 Å². The van der Waals surface area contributed by atoms with E-state index < -0.39 is 11.2 Å². The zero-order chi connectivity index (χ0) is 22.5. The van der Waals surface area contributed by atoms with Crippen molar-refractivity contribution in [3.63, 3.8) is 0 Å². The Morgan fingerprint density at radius 2 is 1.94 bits per heavy atom. The van der Waals surface area contributed by atoms with Crippen LogP contribution >= 0.6 is 11.8 Å². The van der Waals surface area contributed by atoms with E-state index in [4.69, 9.17) is 4.74 Å². The summed E-state index contributed by atoms with van der Waals surface area (Å²) >= 11 is 1.87. The Hall–Kier alpha value is -2.85. The number of nitrogens with zero attached hydrogens (tertiary/aromatic N) is 4. The van der Waals surface area contributed by atoms with Crippen molar-refractivity contribution in [1.82, 2.24) is 24.0 Å². The molecule has 0 radical (unpaired) electrons. The highest BCUT2D eigenvalue weighted by Crippen LogP contribution is 2.16. The van der Waals surface area contributed by atoms with Crippen LogP contribution in [0.25, 0.3) is 11.2 Å². The number of thioether (sulfide) groups is 1. The predicted octanol–water partition coefficient (Wildman–Crippen LogP) is 1.07. The largest absolute Gasteiger partial charge is 0.383 e. The van der Waals surface area contributed by atoms with Crippen LogP contribution in [0.4, 0.5) is 0 Å². The molecule has 10 heteroatoms. The maximum atomic E-state index is 13.3. The van der Waals surface area contributed by atoms with Crippen LogP contribution < -0.4 is 16.6 Å². The molecule has 0 atom stereocenters. The number of ether oxygens (including phenoxy) is 1. The first-order valence-corrected chi connectivity index (χ1v) is 11.8. The van der Waals surface area contributed by atoms with Crippen molar-refractivity contribution in [1.29, 1.82) is 0 Å². The summed E-state index contributed by atoms with van der Waals surface area (Å²) in [6, 6.07) is 9.58. The number of rotatable bonds is 8. The van der Waals surface area contributed by atoms with Gasteiger partial charge >= 0.3 is 5.69 Å². The van der Waals surface area contributed by atoms with Gasteiger partial charge in [0.05, 0.1) is 19.5 Å². The fourth-order valence-electron chi connectivity index (χ4n) is 3.90. The number of benzene rings is 1. The molecule has 32 heavy (non-hydrogen) atoms. The van der Waals surface area contributed by atoms with E-state index in [2.05, 4.69) is 10.3 Å². The molecule has 1 aliphatic heterocycles. The van der Waals surface area contributed by atoms with Crippen molar-refractivity contribution in [3.05, 3.63) is 63.1 Å². The maximum absolute atomic E-state index is 13.3. The summed E-state index contributed by atoms with van der Waals surface area (Å²) in [5.74, 6) is 1.67. The van der Waals surface area contributed by atoms with Gasteiger partial charge in [-0.1, -0.05) is 30.3 Å². The van der Waals surface area contributed by atoms with Gasteiger partial charge in [-0.25, -0.2) is 14.3 Å². The second-order valence-electron chi connectivity index (χ2n) is 7.80. The van der Waals surface area contributed by atoms with Gasteiger partial charge in [0.15, 0.2) is 11.2 Å². The first kappa shape index (κ1) is 22.3. The lowest BCUT2D eigenvalue weighted by atomic mass is 10.1. The van der Waals surface area contributed by atoms with Crippen molar-refractivity contribution in [2.24, 2.45) is 0 Å². The highest BCUT2D eigenvalue weighted by atomic mass is 32.2. The Morgan fingerprint density at radius 3 is 2.66 bits per heavy atom. The molecule has 0 bridgehead atoms. The minimum atomic E-state index is -0.544. The van der Waals surface area contributed by atoms with Gasteiger partial charge < -0.3 is 14.6 Å². The van der Waals surface area contributed by atoms with Crippen molar-refractivity contribution in [2.75, 3.05) is 25.2 Å². The van der Waals surface area contributed by atoms with E-state index in [1.165, 1.54) is 10.9 Å². The molecular formula is C22H27N5O4S. The second kappa shape index (κ2) is 10.2. The van der Waals surface area contributed by atoms with Gasteiger partial charge in [-0.15, -0.1) is 0 Å². The smallest absolute Gasteiger partial charge is 0.333 e. The molecule has 1 N–H and O–H groups in total. The average Bonchev–Trinajstić information content (AvgIpc) is 3.23. The normalized spacial score (nSPS) is 14.7. The van der Waals surface area contributed by atoms with Gasteiger partial charge in [-0.05, 0) is 29.9 Å². The van der Waals surface area contributed by atoms with E-state index in [-0.39, 0.29) is 25.0 Å². The van der Waals surface area contributed by atoms with E-state index in [1.54, 1.807) is 11.7 Å². The monoisotopic (exact) mass is 457 g/mol. The molecule has 0 unspecified atom stereocenters. The summed E-state index contributed by atoms with van der Waals surface area (Å²) in [5, 5.41) is 2.98. The van der Waals surface area contributed by atoms with E-state index in [1.807, 2.05) is 42.1 Å². The number of fused-ring (bicyclic) bond motifs is 1. The number of carbonyl (C=O) groups is 1. The summed E-state index contributed by atoms with van der Waals surface area (Å²) in [5.41, 5.74) is 0.437.